The standard InChI is InChI=1S/C23H16BrNO3/c24-19-12-10-17(11-13-19)22-25-20(23(26)28-22)14-18-8-4-5-9-21(18)27-15-16-6-2-1-3-7-16/h1-14H,15H2/b20-14-. The van der Waals surface area contributed by atoms with Crippen LogP contribution in [0, 0.1) is 0 Å². The molecule has 28 heavy (non-hydrogen) atoms. The van der Waals surface area contributed by atoms with Crippen molar-refractivity contribution < 1.29 is 14.3 Å². The number of para-hydroxylation sites is 1. The van der Waals surface area contributed by atoms with Gasteiger partial charge < -0.3 is 9.47 Å². The summed E-state index contributed by atoms with van der Waals surface area (Å²) in [5.74, 6) is 0.501. The lowest BCUT2D eigenvalue weighted by atomic mass is 10.1. The molecule has 0 amide bonds. The van der Waals surface area contributed by atoms with Crippen LogP contribution in [0.2, 0.25) is 0 Å². The van der Waals surface area contributed by atoms with Crippen LogP contribution in [0.5, 0.6) is 5.75 Å². The smallest absolute Gasteiger partial charge is 0.363 e. The van der Waals surface area contributed by atoms with Crippen molar-refractivity contribution in [3.63, 3.8) is 0 Å². The summed E-state index contributed by atoms with van der Waals surface area (Å²) < 4.78 is 12.2. The highest BCUT2D eigenvalue weighted by Crippen LogP contribution is 2.25. The van der Waals surface area contributed by atoms with Crippen LogP contribution in [0.3, 0.4) is 0 Å². The lowest BCUT2D eigenvalue weighted by molar-refractivity contribution is -0.129. The summed E-state index contributed by atoms with van der Waals surface area (Å²) in [5, 5.41) is 0. The Hall–Kier alpha value is -3.18. The van der Waals surface area contributed by atoms with Gasteiger partial charge in [-0.2, -0.15) is 0 Å². The van der Waals surface area contributed by atoms with Crippen LogP contribution in [-0.4, -0.2) is 11.9 Å². The van der Waals surface area contributed by atoms with Gasteiger partial charge in [0.15, 0.2) is 5.70 Å². The normalized spacial score (nSPS) is 14.7. The van der Waals surface area contributed by atoms with Crippen LogP contribution in [0.15, 0.2) is 94.0 Å². The zero-order valence-corrected chi connectivity index (χ0v) is 16.4. The fourth-order valence-corrected chi connectivity index (χ4v) is 3.00. The molecule has 4 rings (SSSR count). The molecule has 0 saturated carbocycles. The van der Waals surface area contributed by atoms with Gasteiger partial charge in [-0.1, -0.05) is 64.5 Å². The zero-order chi connectivity index (χ0) is 19.3. The van der Waals surface area contributed by atoms with E-state index in [1.807, 2.05) is 78.9 Å². The van der Waals surface area contributed by atoms with Gasteiger partial charge in [0.1, 0.15) is 12.4 Å². The van der Waals surface area contributed by atoms with Crippen molar-refractivity contribution in [3.05, 3.63) is 106 Å². The van der Waals surface area contributed by atoms with Crippen LogP contribution in [0.25, 0.3) is 6.08 Å². The molecular weight excluding hydrogens is 418 g/mol. The number of nitrogens with zero attached hydrogens (tertiary/aromatic N) is 1. The molecule has 3 aromatic rings. The molecule has 4 nitrogen and oxygen atoms in total. The summed E-state index contributed by atoms with van der Waals surface area (Å²) in [7, 11) is 0. The molecule has 0 aliphatic carbocycles. The first kappa shape index (κ1) is 18.2. The number of rotatable bonds is 5. The van der Waals surface area contributed by atoms with Gasteiger partial charge in [0.25, 0.3) is 0 Å². The average molecular weight is 434 g/mol. The van der Waals surface area contributed by atoms with Crippen LogP contribution < -0.4 is 4.74 Å². The minimum Gasteiger partial charge on any atom is -0.488 e. The maximum Gasteiger partial charge on any atom is 0.363 e. The van der Waals surface area contributed by atoms with Gasteiger partial charge in [0.2, 0.25) is 5.90 Å². The van der Waals surface area contributed by atoms with Gasteiger partial charge in [0, 0.05) is 15.6 Å². The number of carbonyl (C=O) groups excluding carboxylic acids is 1. The lowest BCUT2D eigenvalue weighted by Crippen LogP contribution is -2.05. The Morgan fingerprint density at radius 1 is 0.929 bits per heavy atom. The third kappa shape index (κ3) is 4.21. The average Bonchev–Trinajstić information content (AvgIpc) is 3.09. The molecule has 5 heteroatoms. The first-order valence-corrected chi connectivity index (χ1v) is 9.52. The van der Waals surface area contributed by atoms with Gasteiger partial charge in [-0.25, -0.2) is 9.79 Å². The number of hydrogen-bond donors (Lipinski definition) is 0. The Morgan fingerprint density at radius 3 is 2.43 bits per heavy atom. The third-order valence-corrected chi connectivity index (χ3v) is 4.69. The van der Waals surface area contributed by atoms with E-state index in [-0.39, 0.29) is 5.70 Å². The molecule has 0 fully saturated rings. The number of aliphatic imine (C=N–C) groups is 1. The van der Waals surface area contributed by atoms with Gasteiger partial charge >= 0.3 is 5.97 Å². The Labute approximate surface area is 171 Å². The molecule has 3 aromatic carbocycles. The van der Waals surface area contributed by atoms with Crippen LogP contribution in [-0.2, 0) is 16.1 Å². The van der Waals surface area contributed by atoms with Gasteiger partial charge in [-0.3, -0.25) is 0 Å². The van der Waals surface area contributed by atoms with Crippen molar-refractivity contribution >= 4 is 33.9 Å². The van der Waals surface area contributed by atoms with Crippen LogP contribution in [0.4, 0.5) is 0 Å². The minimum absolute atomic E-state index is 0.244. The van der Waals surface area contributed by atoms with E-state index in [0.29, 0.717) is 18.3 Å². The predicted molar refractivity (Wildman–Crippen MR) is 112 cm³/mol. The van der Waals surface area contributed by atoms with E-state index in [9.17, 15) is 4.79 Å². The van der Waals surface area contributed by atoms with E-state index in [1.165, 1.54) is 0 Å². The van der Waals surface area contributed by atoms with Gasteiger partial charge in [-0.05, 0) is 42.0 Å². The molecule has 0 spiro atoms. The molecular formula is C23H16BrNO3. The van der Waals surface area contributed by atoms with E-state index in [1.54, 1.807) is 6.08 Å². The number of cyclic esters (lactones) is 1. The summed E-state index contributed by atoms with van der Waals surface area (Å²) in [5.41, 5.74) is 2.83. The molecule has 0 atom stereocenters. The molecule has 0 bridgehead atoms. The lowest BCUT2D eigenvalue weighted by Gasteiger charge is -2.09. The van der Waals surface area contributed by atoms with E-state index < -0.39 is 5.97 Å². The summed E-state index contributed by atoms with van der Waals surface area (Å²) in [6.07, 6.45) is 1.69. The number of halogens is 1. The molecule has 1 aliphatic rings. The predicted octanol–water partition coefficient (Wildman–Crippen LogP) is 5.37. The Kier molecular flexibility index (Phi) is 5.35. The second kappa shape index (κ2) is 8.23. The summed E-state index contributed by atoms with van der Waals surface area (Å²) in [6.45, 7) is 0.443. The van der Waals surface area contributed by atoms with E-state index >= 15 is 0 Å². The maximum absolute atomic E-state index is 12.3. The second-order valence-corrected chi connectivity index (χ2v) is 7.07. The summed E-state index contributed by atoms with van der Waals surface area (Å²) in [4.78, 5) is 16.6. The second-order valence-electron chi connectivity index (χ2n) is 6.16. The zero-order valence-electron chi connectivity index (χ0n) is 14.8. The Bertz CT molecular complexity index is 1060. The molecule has 0 aromatic heterocycles. The minimum atomic E-state index is -0.476. The first-order valence-electron chi connectivity index (χ1n) is 8.73. The fraction of sp³-hybridized carbons (Fsp3) is 0.0435. The van der Waals surface area contributed by atoms with E-state index in [0.717, 1.165) is 21.2 Å². The molecule has 1 heterocycles. The van der Waals surface area contributed by atoms with Crippen LogP contribution >= 0.6 is 15.9 Å². The quantitative estimate of drug-likeness (QED) is 0.401. The Morgan fingerprint density at radius 2 is 1.64 bits per heavy atom. The Balaban J connectivity index is 1.58. The maximum atomic E-state index is 12.3. The number of esters is 1. The molecule has 0 saturated heterocycles. The van der Waals surface area contributed by atoms with Crippen molar-refractivity contribution in [2.24, 2.45) is 4.99 Å². The monoisotopic (exact) mass is 433 g/mol. The van der Waals surface area contributed by atoms with Crippen molar-refractivity contribution in [2.45, 2.75) is 6.61 Å². The summed E-state index contributed by atoms with van der Waals surface area (Å²) >= 11 is 3.39. The highest BCUT2D eigenvalue weighted by Gasteiger charge is 2.24. The molecule has 0 N–H and O–H groups in total. The van der Waals surface area contributed by atoms with Crippen LogP contribution in [0.1, 0.15) is 16.7 Å². The number of carbonyl (C=O) groups is 1. The van der Waals surface area contributed by atoms with Crippen molar-refractivity contribution in [1.29, 1.82) is 0 Å². The highest BCUT2D eigenvalue weighted by molar-refractivity contribution is 9.10. The third-order valence-electron chi connectivity index (χ3n) is 4.16. The molecule has 0 unspecified atom stereocenters. The largest absolute Gasteiger partial charge is 0.488 e. The van der Waals surface area contributed by atoms with Gasteiger partial charge in [0.05, 0.1) is 0 Å². The number of hydrogen-bond acceptors (Lipinski definition) is 4. The SMILES string of the molecule is O=C1OC(c2ccc(Br)cc2)=N/C1=C\c1ccccc1OCc1ccccc1. The number of benzene rings is 3. The van der Waals surface area contributed by atoms with Crippen molar-refractivity contribution in [3.8, 4) is 5.75 Å². The van der Waals surface area contributed by atoms with E-state index in [2.05, 4.69) is 20.9 Å². The number of ether oxygens (including phenoxy) is 2. The first-order chi connectivity index (χ1) is 13.7. The molecule has 0 radical (unpaired) electrons. The summed E-state index contributed by atoms with van der Waals surface area (Å²) in [6, 6.07) is 24.9. The fourth-order valence-electron chi connectivity index (χ4n) is 2.74. The van der Waals surface area contributed by atoms with Crippen molar-refractivity contribution in [1.82, 2.24) is 0 Å². The topological polar surface area (TPSA) is 47.9 Å². The van der Waals surface area contributed by atoms with Gasteiger partial charge in [-0.15, -0.1) is 0 Å². The van der Waals surface area contributed by atoms with Crippen molar-refractivity contribution in [2.75, 3.05) is 0 Å². The van der Waals surface area contributed by atoms with E-state index in [4.69, 9.17) is 9.47 Å². The highest BCUT2D eigenvalue weighted by atomic mass is 79.9. The molecule has 138 valence electrons. The molecule has 1 aliphatic heterocycles.